The van der Waals surface area contributed by atoms with Crippen LogP contribution in [0.4, 0.5) is 4.39 Å². The van der Waals surface area contributed by atoms with Crippen molar-refractivity contribution in [2.24, 2.45) is 0 Å². The summed E-state index contributed by atoms with van der Waals surface area (Å²) in [5.74, 6) is -0.333. The van der Waals surface area contributed by atoms with Gasteiger partial charge in [-0.15, -0.1) is 0 Å². The summed E-state index contributed by atoms with van der Waals surface area (Å²) in [6, 6.07) is 5.41. The molecule has 106 valence electrons. The van der Waals surface area contributed by atoms with E-state index in [1.54, 1.807) is 23.0 Å². The smallest absolute Gasteiger partial charge is 0.148 e. The third kappa shape index (κ3) is 2.58. The van der Waals surface area contributed by atoms with Gasteiger partial charge in [0.15, 0.2) is 0 Å². The molecule has 1 fully saturated rings. The number of hydrogen-bond acceptors (Lipinski definition) is 2. The van der Waals surface area contributed by atoms with E-state index in [-0.39, 0.29) is 11.9 Å². The number of imidazole rings is 1. The SMILES string of the molecule is CC1CCCC(c2cncn2-c2ccc(Cl)cc2F)N1. The van der Waals surface area contributed by atoms with Gasteiger partial charge in [0.25, 0.3) is 0 Å². The minimum atomic E-state index is -0.333. The zero-order chi connectivity index (χ0) is 14.1. The molecule has 0 aliphatic carbocycles. The van der Waals surface area contributed by atoms with Gasteiger partial charge < -0.3 is 5.32 Å². The lowest BCUT2D eigenvalue weighted by atomic mass is 9.97. The Morgan fingerprint density at radius 1 is 1.40 bits per heavy atom. The van der Waals surface area contributed by atoms with Crippen LogP contribution < -0.4 is 5.32 Å². The van der Waals surface area contributed by atoms with Crippen molar-refractivity contribution in [3.05, 3.63) is 47.3 Å². The highest BCUT2D eigenvalue weighted by molar-refractivity contribution is 6.30. The van der Waals surface area contributed by atoms with Crippen molar-refractivity contribution in [1.82, 2.24) is 14.9 Å². The molecule has 1 aliphatic heterocycles. The molecule has 3 rings (SSSR count). The summed E-state index contributed by atoms with van der Waals surface area (Å²) in [6.45, 7) is 2.18. The molecular formula is C15H17ClFN3. The molecule has 1 aromatic carbocycles. The lowest BCUT2D eigenvalue weighted by Gasteiger charge is -2.29. The van der Waals surface area contributed by atoms with Crippen molar-refractivity contribution in [1.29, 1.82) is 0 Å². The van der Waals surface area contributed by atoms with Gasteiger partial charge in [0, 0.05) is 17.1 Å². The summed E-state index contributed by atoms with van der Waals surface area (Å²) in [5.41, 5.74) is 1.49. The van der Waals surface area contributed by atoms with Crippen LogP contribution in [0, 0.1) is 5.82 Å². The van der Waals surface area contributed by atoms with Crippen LogP contribution in [0.1, 0.15) is 37.9 Å². The molecule has 20 heavy (non-hydrogen) atoms. The van der Waals surface area contributed by atoms with Gasteiger partial charge in [-0.3, -0.25) is 4.57 Å². The predicted molar refractivity (Wildman–Crippen MR) is 77.7 cm³/mol. The Hall–Kier alpha value is -1.39. The Balaban J connectivity index is 1.97. The fourth-order valence-corrected chi connectivity index (χ4v) is 2.97. The Labute approximate surface area is 122 Å². The van der Waals surface area contributed by atoms with Crippen LogP contribution >= 0.6 is 11.6 Å². The number of rotatable bonds is 2. The third-order valence-electron chi connectivity index (χ3n) is 3.81. The first-order valence-electron chi connectivity index (χ1n) is 6.89. The summed E-state index contributed by atoms with van der Waals surface area (Å²) in [6.07, 6.45) is 6.87. The predicted octanol–water partition coefficient (Wildman–Crippen LogP) is 3.87. The summed E-state index contributed by atoms with van der Waals surface area (Å²) < 4.78 is 15.9. The second-order valence-corrected chi connectivity index (χ2v) is 5.77. The molecular weight excluding hydrogens is 277 g/mol. The minimum Gasteiger partial charge on any atom is -0.306 e. The molecule has 0 spiro atoms. The maximum absolute atomic E-state index is 14.1. The van der Waals surface area contributed by atoms with Gasteiger partial charge in [0.1, 0.15) is 5.82 Å². The molecule has 1 saturated heterocycles. The largest absolute Gasteiger partial charge is 0.306 e. The van der Waals surface area contributed by atoms with Gasteiger partial charge in [-0.1, -0.05) is 11.6 Å². The van der Waals surface area contributed by atoms with Crippen molar-refractivity contribution in [3.63, 3.8) is 0 Å². The Morgan fingerprint density at radius 3 is 3.00 bits per heavy atom. The van der Waals surface area contributed by atoms with E-state index in [0.29, 0.717) is 16.8 Å². The van der Waals surface area contributed by atoms with Gasteiger partial charge in [-0.05, 0) is 44.4 Å². The van der Waals surface area contributed by atoms with E-state index < -0.39 is 0 Å². The van der Waals surface area contributed by atoms with Crippen molar-refractivity contribution in [2.75, 3.05) is 0 Å². The molecule has 3 nitrogen and oxygen atoms in total. The highest BCUT2D eigenvalue weighted by atomic mass is 35.5. The molecule has 1 N–H and O–H groups in total. The molecule has 2 atom stereocenters. The molecule has 2 heterocycles. The average Bonchev–Trinajstić information content (AvgIpc) is 2.87. The molecule has 2 aromatic rings. The quantitative estimate of drug-likeness (QED) is 0.911. The van der Waals surface area contributed by atoms with Crippen LogP contribution in [0.3, 0.4) is 0 Å². The highest BCUT2D eigenvalue weighted by Crippen LogP contribution is 2.28. The number of halogens is 2. The van der Waals surface area contributed by atoms with Gasteiger partial charge in [0.05, 0.1) is 23.9 Å². The molecule has 1 aromatic heterocycles. The average molecular weight is 294 g/mol. The molecule has 0 amide bonds. The van der Waals surface area contributed by atoms with E-state index in [0.717, 1.165) is 12.1 Å². The minimum absolute atomic E-state index is 0.219. The number of benzene rings is 1. The zero-order valence-electron chi connectivity index (χ0n) is 11.3. The van der Waals surface area contributed by atoms with Crippen LogP contribution in [-0.4, -0.2) is 15.6 Å². The molecule has 1 aliphatic rings. The van der Waals surface area contributed by atoms with Crippen molar-refractivity contribution in [2.45, 2.75) is 38.3 Å². The van der Waals surface area contributed by atoms with Crippen LogP contribution in [0.2, 0.25) is 5.02 Å². The third-order valence-corrected chi connectivity index (χ3v) is 4.04. The fourth-order valence-electron chi connectivity index (χ4n) is 2.81. The zero-order valence-corrected chi connectivity index (χ0v) is 12.1. The van der Waals surface area contributed by atoms with E-state index in [9.17, 15) is 4.39 Å². The monoisotopic (exact) mass is 293 g/mol. The molecule has 2 unspecified atom stereocenters. The number of hydrogen-bond donors (Lipinski definition) is 1. The van der Waals surface area contributed by atoms with Gasteiger partial charge in [-0.2, -0.15) is 0 Å². The van der Waals surface area contributed by atoms with Crippen LogP contribution in [-0.2, 0) is 0 Å². The second kappa shape index (κ2) is 5.54. The Kier molecular flexibility index (Phi) is 3.76. The first-order chi connectivity index (χ1) is 9.65. The maximum atomic E-state index is 14.1. The number of piperidine rings is 1. The molecule has 0 radical (unpaired) electrons. The van der Waals surface area contributed by atoms with Crippen LogP contribution in [0.15, 0.2) is 30.7 Å². The lowest BCUT2D eigenvalue weighted by Crippen LogP contribution is -2.35. The maximum Gasteiger partial charge on any atom is 0.148 e. The highest BCUT2D eigenvalue weighted by Gasteiger charge is 2.23. The summed E-state index contributed by atoms with van der Waals surface area (Å²) >= 11 is 5.81. The van der Waals surface area contributed by atoms with E-state index >= 15 is 0 Å². The standard InChI is InChI=1S/C15H17ClFN3/c1-10-3-2-4-13(19-10)15-8-18-9-20(15)14-6-5-11(16)7-12(14)17/h5-10,13,19H,2-4H2,1H3. The molecule has 0 bridgehead atoms. The summed E-state index contributed by atoms with van der Waals surface area (Å²) in [5, 5.41) is 3.95. The Bertz CT molecular complexity index is 611. The number of nitrogens with zero attached hydrogens (tertiary/aromatic N) is 2. The first kappa shape index (κ1) is 13.6. The van der Waals surface area contributed by atoms with Crippen LogP contribution in [0.5, 0.6) is 0 Å². The van der Waals surface area contributed by atoms with Gasteiger partial charge in [0.2, 0.25) is 0 Å². The number of aromatic nitrogens is 2. The summed E-state index contributed by atoms with van der Waals surface area (Å²) in [7, 11) is 0. The van der Waals surface area contributed by atoms with E-state index in [1.807, 2.05) is 6.20 Å². The van der Waals surface area contributed by atoms with E-state index in [4.69, 9.17) is 11.6 Å². The van der Waals surface area contributed by atoms with Gasteiger partial charge in [-0.25, -0.2) is 9.37 Å². The molecule has 5 heteroatoms. The Morgan fingerprint density at radius 2 is 2.25 bits per heavy atom. The first-order valence-corrected chi connectivity index (χ1v) is 7.26. The fraction of sp³-hybridized carbons (Fsp3) is 0.400. The molecule has 0 saturated carbocycles. The van der Waals surface area contributed by atoms with Crippen LogP contribution in [0.25, 0.3) is 5.69 Å². The van der Waals surface area contributed by atoms with E-state index in [2.05, 4.69) is 17.2 Å². The number of nitrogens with one attached hydrogen (secondary N) is 1. The van der Waals surface area contributed by atoms with E-state index in [1.165, 1.54) is 18.9 Å². The van der Waals surface area contributed by atoms with Crippen molar-refractivity contribution >= 4 is 11.6 Å². The lowest BCUT2D eigenvalue weighted by molar-refractivity contribution is 0.334. The summed E-state index contributed by atoms with van der Waals surface area (Å²) in [4.78, 5) is 4.19. The second-order valence-electron chi connectivity index (χ2n) is 5.34. The van der Waals surface area contributed by atoms with Crippen molar-refractivity contribution in [3.8, 4) is 5.69 Å². The van der Waals surface area contributed by atoms with Gasteiger partial charge >= 0.3 is 0 Å². The topological polar surface area (TPSA) is 29.9 Å². The van der Waals surface area contributed by atoms with Crippen molar-refractivity contribution < 1.29 is 4.39 Å². The normalized spacial score (nSPS) is 22.9.